The fourth-order valence-corrected chi connectivity index (χ4v) is 2.72. The lowest BCUT2D eigenvalue weighted by atomic mass is 9.99. The van der Waals surface area contributed by atoms with E-state index in [-0.39, 0.29) is 11.9 Å². The SMILES string of the molecule is COc1ccc(CC(=O)NC(C)c2ccc(C(C)C)cc2)cc1OC. The maximum Gasteiger partial charge on any atom is 0.224 e. The summed E-state index contributed by atoms with van der Waals surface area (Å²) < 4.78 is 10.5. The van der Waals surface area contributed by atoms with E-state index in [1.807, 2.05) is 25.1 Å². The van der Waals surface area contributed by atoms with Crippen LogP contribution in [0.25, 0.3) is 0 Å². The van der Waals surface area contributed by atoms with Gasteiger partial charge in [0, 0.05) is 0 Å². The first-order valence-corrected chi connectivity index (χ1v) is 8.54. The van der Waals surface area contributed by atoms with Crippen LogP contribution in [0.4, 0.5) is 0 Å². The van der Waals surface area contributed by atoms with Gasteiger partial charge in [0.2, 0.25) is 5.91 Å². The molecule has 2 aromatic carbocycles. The van der Waals surface area contributed by atoms with E-state index >= 15 is 0 Å². The second-order valence-corrected chi connectivity index (χ2v) is 6.48. The highest BCUT2D eigenvalue weighted by atomic mass is 16.5. The summed E-state index contributed by atoms with van der Waals surface area (Å²) >= 11 is 0. The normalized spacial score (nSPS) is 11.9. The van der Waals surface area contributed by atoms with Crippen molar-refractivity contribution >= 4 is 5.91 Å². The Morgan fingerprint density at radius 1 is 0.920 bits per heavy atom. The summed E-state index contributed by atoms with van der Waals surface area (Å²) in [4.78, 5) is 12.3. The largest absolute Gasteiger partial charge is 0.493 e. The predicted molar refractivity (Wildman–Crippen MR) is 100 cm³/mol. The Hall–Kier alpha value is -2.49. The Bertz CT molecular complexity index is 708. The summed E-state index contributed by atoms with van der Waals surface area (Å²) in [6, 6.07) is 13.9. The van der Waals surface area contributed by atoms with Gasteiger partial charge in [-0.15, -0.1) is 0 Å². The summed E-state index contributed by atoms with van der Waals surface area (Å²) in [7, 11) is 3.18. The minimum Gasteiger partial charge on any atom is -0.493 e. The molecule has 1 amide bonds. The summed E-state index contributed by atoms with van der Waals surface area (Å²) in [6.45, 7) is 6.34. The lowest BCUT2D eigenvalue weighted by Gasteiger charge is -2.16. The first-order chi connectivity index (χ1) is 11.9. The number of nitrogens with one attached hydrogen (secondary N) is 1. The molecule has 0 aromatic heterocycles. The molecule has 1 N–H and O–H groups in total. The van der Waals surface area contributed by atoms with Gasteiger partial charge in [-0.05, 0) is 41.7 Å². The van der Waals surface area contributed by atoms with Crippen molar-refractivity contribution in [2.45, 2.75) is 39.2 Å². The molecule has 0 bridgehead atoms. The zero-order chi connectivity index (χ0) is 18.4. The van der Waals surface area contributed by atoms with Crippen molar-refractivity contribution in [2.24, 2.45) is 0 Å². The maximum absolute atomic E-state index is 12.3. The van der Waals surface area contributed by atoms with Crippen LogP contribution in [0, 0.1) is 0 Å². The predicted octanol–water partition coefficient (Wildman–Crippen LogP) is 4.25. The molecular weight excluding hydrogens is 314 g/mol. The van der Waals surface area contributed by atoms with Crippen LogP contribution in [-0.4, -0.2) is 20.1 Å². The smallest absolute Gasteiger partial charge is 0.224 e. The number of benzene rings is 2. The molecular formula is C21H27NO3. The molecule has 0 saturated heterocycles. The van der Waals surface area contributed by atoms with Crippen LogP contribution < -0.4 is 14.8 Å². The third-order valence-electron chi connectivity index (χ3n) is 4.29. The fourth-order valence-electron chi connectivity index (χ4n) is 2.72. The van der Waals surface area contributed by atoms with Crippen LogP contribution in [0.3, 0.4) is 0 Å². The zero-order valence-corrected chi connectivity index (χ0v) is 15.6. The van der Waals surface area contributed by atoms with Gasteiger partial charge >= 0.3 is 0 Å². The number of methoxy groups -OCH3 is 2. The van der Waals surface area contributed by atoms with Crippen molar-refractivity contribution in [3.8, 4) is 11.5 Å². The van der Waals surface area contributed by atoms with Crippen molar-refractivity contribution in [3.63, 3.8) is 0 Å². The van der Waals surface area contributed by atoms with Gasteiger partial charge in [0.25, 0.3) is 0 Å². The lowest BCUT2D eigenvalue weighted by Crippen LogP contribution is -2.28. The van der Waals surface area contributed by atoms with Gasteiger partial charge in [0.15, 0.2) is 11.5 Å². The second kappa shape index (κ2) is 8.56. The van der Waals surface area contributed by atoms with Crippen LogP contribution in [0.1, 0.15) is 49.4 Å². The average Bonchev–Trinajstić information content (AvgIpc) is 2.61. The van der Waals surface area contributed by atoms with Crippen molar-refractivity contribution in [2.75, 3.05) is 14.2 Å². The van der Waals surface area contributed by atoms with E-state index in [4.69, 9.17) is 9.47 Å². The van der Waals surface area contributed by atoms with E-state index < -0.39 is 0 Å². The quantitative estimate of drug-likeness (QED) is 0.819. The Morgan fingerprint density at radius 3 is 2.08 bits per heavy atom. The van der Waals surface area contributed by atoms with E-state index in [1.165, 1.54) is 5.56 Å². The minimum atomic E-state index is -0.0335. The number of hydrogen-bond donors (Lipinski definition) is 1. The topological polar surface area (TPSA) is 47.6 Å². The summed E-state index contributed by atoms with van der Waals surface area (Å²) in [5.41, 5.74) is 3.29. The first-order valence-electron chi connectivity index (χ1n) is 8.54. The van der Waals surface area contributed by atoms with Crippen molar-refractivity contribution < 1.29 is 14.3 Å². The highest BCUT2D eigenvalue weighted by Crippen LogP contribution is 2.27. The summed E-state index contributed by atoms with van der Waals surface area (Å²) in [5, 5.41) is 3.05. The number of carbonyl (C=O) groups is 1. The van der Waals surface area contributed by atoms with Crippen molar-refractivity contribution in [1.82, 2.24) is 5.32 Å². The third kappa shape index (κ3) is 4.99. The molecule has 2 rings (SSSR count). The third-order valence-corrected chi connectivity index (χ3v) is 4.29. The standard InChI is InChI=1S/C21H27NO3/c1-14(2)17-7-9-18(10-8-17)15(3)22-21(23)13-16-6-11-19(24-4)20(12-16)25-5/h6-12,14-15H,13H2,1-5H3,(H,22,23). The van der Waals surface area contributed by atoms with Crippen LogP contribution in [0.5, 0.6) is 11.5 Å². The molecule has 0 aliphatic heterocycles. The van der Waals surface area contributed by atoms with E-state index in [0.717, 1.165) is 11.1 Å². The molecule has 0 heterocycles. The maximum atomic E-state index is 12.3. The second-order valence-electron chi connectivity index (χ2n) is 6.48. The molecule has 0 aliphatic carbocycles. The average molecular weight is 341 g/mol. The van der Waals surface area contributed by atoms with Gasteiger partial charge in [-0.3, -0.25) is 4.79 Å². The molecule has 0 aliphatic rings. The number of carbonyl (C=O) groups excluding carboxylic acids is 1. The fraction of sp³-hybridized carbons (Fsp3) is 0.381. The molecule has 1 atom stereocenters. The highest BCUT2D eigenvalue weighted by Gasteiger charge is 2.12. The summed E-state index contributed by atoms with van der Waals surface area (Å²) in [5.74, 6) is 1.77. The Balaban J connectivity index is 1.99. The van der Waals surface area contributed by atoms with Crippen molar-refractivity contribution in [3.05, 3.63) is 59.2 Å². The molecule has 25 heavy (non-hydrogen) atoms. The zero-order valence-electron chi connectivity index (χ0n) is 15.6. The molecule has 0 saturated carbocycles. The van der Waals surface area contributed by atoms with Gasteiger partial charge < -0.3 is 14.8 Å². The molecule has 0 spiro atoms. The van der Waals surface area contributed by atoms with Gasteiger partial charge in [-0.1, -0.05) is 44.2 Å². The number of rotatable bonds is 7. The number of amides is 1. The van der Waals surface area contributed by atoms with E-state index in [9.17, 15) is 4.79 Å². The first kappa shape index (κ1) is 18.8. The van der Waals surface area contributed by atoms with Gasteiger partial charge in [-0.2, -0.15) is 0 Å². The van der Waals surface area contributed by atoms with Crippen LogP contribution in [0.2, 0.25) is 0 Å². The van der Waals surface area contributed by atoms with E-state index in [2.05, 4.69) is 43.4 Å². The summed E-state index contributed by atoms with van der Waals surface area (Å²) in [6.07, 6.45) is 0.300. The molecule has 134 valence electrons. The van der Waals surface area contributed by atoms with Crippen LogP contribution in [-0.2, 0) is 11.2 Å². The molecule has 0 fully saturated rings. The number of ether oxygens (including phenoxy) is 2. The van der Waals surface area contributed by atoms with Crippen LogP contribution in [0.15, 0.2) is 42.5 Å². The van der Waals surface area contributed by atoms with Crippen molar-refractivity contribution in [1.29, 1.82) is 0 Å². The van der Waals surface area contributed by atoms with Gasteiger partial charge in [-0.25, -0.2) is 0 Å². The highest BCUT2D eigenvalue weighted by molar-refractivity contribution is 5.79. The van der Waals surface area contributed by atoms with Crippen LogP contribution >= 0.6 is 0 Å². The Labute approximate surface area is 150 Å². The lowest BCUT2D eigenvalue weighted by molar-refractivity contribution is -0.121. The molecule has 1 unspecified atom stereocenters. The van der Waals surface area contributed by atoms with Gasteiger partial charge in [0.05, 0.1) is 26.7 Å². The minimum absolute atomic E-state index is 0.0207. The van der Waals surface area contributed by atoms with E-state index in [0.29, 0.717) is 23.8 Å². The molecule has 2 aromatic rings. The molecule has 0 radical (unpaired) electrons. The number of hydrogen-bond acceptors (Lipinski definition) is 3. The van der Waals surface area contributed by atoms with Gasteiger partial charge in [0.1, 0.15) is 0 Å². The molecule has 4 heteroatoms. The Morgan fingerprint density at radius 2 is 1.52 bits per heavy atom. The van der Waals surface area contributed by atoms with E-state index in [1.54, 1.807) is 14.2 Å². The monoisotopic (exact) mass is 341 g/mol. The molecule has 4 nitrogen and oxygen atoms in total. The Kier molecular flexibility index (Phi) is 6.45.